The van der Waals surface area contributed by atoms with Crippen LogP contribution in [0.1, 0.15) is 58.3 Å². The van der Waals surface area contributed by atoms with Crippen LogP contribution >= 0.6 is 0 Å². The summed E-state index contributed by atoms with van der Waals surface area (Å²) in [5.41, 5.74) is 0. The van der Waals surface area contributed by atoms with Gasteiger partial charge in [0, 0.05) is 26.0 Å². The highest BCUT2D eigenvalue weighted by Crippen LogP contribution is 2.10. The molecule has 0 bridgehead atoms. The normalized spacial score (nSPS) is 12.4. The number of hydrogen-bond acceptors (Lipinski definition) is 6. The Labute approximate surface area is 152 Å². The molecule has 0 aromatic rings. The molecule has 7 heteroatoms. The van der Waals surface area contributed by atoms with Gasteiger partial charge >= 0.3 is 6.15 Å². The summed E-state index contributed by atoms with van der Waals surface area (Å²) in [6.07, 6.45) is 12.9. The van der Waals surface area contributed by atoms with E-state index in [1.807, 2.05) is 0 Å². The van der Waals surface area contributed by atoms with Gasteiger partial charge in [-0.15, -0.1) is 23.9 Å². The van der Waals surface area contributed by atoms with Crippen molar-refractivity contribution in [1.29, 1.82) is 21.0 Å². The Balaban J connectivity index is 0.000000547. The molecule has 0 amide bonds. The third-order valence-corrected chi connectivity index (χ3v) is 4.01. The molecule has 1 rings (SSSR count). The zero-order valence-electron chi connectivity index (χ0n) is 15.5. The lowest BCUT2D eigenvalue weighted by atomic mass is 9.30. The Morgan fingerprint density at radius 2 is 1.28 bits per heavy atom. The molecule has 0 fully saturated rings. The van der Waals surface area contributed by atoms with Crippen molar-refractivity contribution in [2.24, 2.45) is 0 Å². The molecule has 0 saturated heterocycles. The molecule has 0 saturated carbocycles. The Hall–Kier alpha value is -2.64. The Kier molecular flexibility index (Phi) is 12.3. The van der Waals surface area contributed by atoms with E-state index in [2.05, 4.69) is 36.2 Å². The molecule has 1 aliphatic rings. The number of nitriles is 4. The minimum Gasteiger partial charge on any atom is -0.362 e. The fourth-order valence-electron chi connectivity index (χ4n) is 2.36. The van der Waals surface area contributed by atoms with Crippen molar-refractivity contribution in [3.05, 3.63) is 12.4 Å². The second kappa shape index (κ2) is 13.8. The minimum atomic E-state index is -2.72. The van der Waals surface area contributed by atoms with Crippen molar-refractivity contribution in [3.8, 4) is 23.9 Å². The molecule has 0 aliphatic carbocycles. The van der Waals surface area contributed by atoms with Crippen LogP contribution < -0.4 is 0 Å². The first-order valence-corrected chi connectivity index (χ1v) is 9.00. The summed E-state index contributed by atoms with van der Waals surface area (Å²) in [5, 5.41) is 32.3. The molecule has 0 unspecified atom stereocenters. The molecule has 0 N–H and O–H groups in total. The summed E-state index contributed by atoms with van der Waals surface area (Å²) in [6, 6.07) is 0. The molecule has 1 heterocycles. The van der Waals surface area contributed by atoms with Crippen LogP contribution in [0.4, 0.5) is 0 Å². The maximum Gasteiger partial charge on any atom is 0.383 e. The zero-order valence-corrected chi connectivity index (χ0v) is 15.5. The first-order valence-electron chi connectivity index (χ1n) is 9.00. The van der Waals surface area contributed by atoms with Gasteiger partial charge in [0.05, 0.1) is 6.67 Å². The molecular formula is C18H28BN6-. The van der Waals surface area contributed by atoms with E-state index in [1.165, 1.54) is 81.8 Å². The number of rotatable bonds is 9. The highest BCUT2D eigenvalue weighted by molar-refractivity contribution is 7.05. The zero-order chi connectivity index (χ0) is 19.0. The summed E-state index contributed by atoms with van der Waals surface area (Å²) in [5.74, 6) is 5.38. The quantitative estimate of drug-likeness (QED) is 0.471. The smallest absolute Gasteiger partial charge is 0.362 e. The van der Waals surface area contributed by atoms with Gasteiger partial charge in [0.1, 0.15) is 0 Å². The van der Waals surface area contributed by atoms with Crippen LogP contribution in [0, 0.1) is 44.9 Å². The lowest BCUT2D eigenvalue weighted by Crippen LogP contribution is -2.26. The van der Waals surface area contributed by atoms with Crippen LogP contribution in [-0.2, 0) is 0 Å². The third kappa shape index (κ3) is 9.96. The number of unbranched alkanes of at least 4 members (excludes halogenated alkanes) is 7. The van der Waals surface area contributed by atoms with Gasteiger partial charge in [-0.25, -0.2) is 21.0 Å². The highest BCUT2D eigenvalue weighted by Gasteiger charge is 2.22. The van der Waals surface area contributed by atoms with Crippen molar-refractivity contribution in [2.75, 3.05) is 20.3 Å². The average molecular weight is 339 g/mol. The fourth-order valence-corrected chi connectivity index (χ4v) is 2.36. The van der Waals surface area contributed by atoms with Gasteiger partial charge in [-0.05, 0) is 6.42 Å². The standard InChI is InChI=1S/C14H28N2.C4BN4/c1-3-4-5-6-7-8-9-10-11-16-13-12-15(2)14-16;6-1-5(2-7,3-8)4-9/h12-13H,3-11,14H2,1-2H3;/q;-1. The largest absolute Gasteiger partial charge is 0.383 e. The van der Waals surface area contributed by atoms with Crippen molar-refractivity contribution < 1.29 is 0 Å². The van der Waals surface area contributed by atoms with Gasteiger partial charge in [0.15, 0.2) is 0 Å². The lowest BCUT2D eigenvalue weighted by Gasteiger charge is -2.17. The molecule has 0 spiro atoms. The fraction of sp³-hybridized carbons (Fsp3) is 0.667. The number of hydrogen-bond donors (Lipinski definition) is 0. The van der Waals surface area contributed by atoms with Gasteiger partial charge in [-0.2, -0.15) is 0 Å². The molecule has 0 radical (unpaired) electrons. The van der Waals surface area contributed by atoms with Crippen LogP contribution in [-0.4, -0.2) is 36.2 Å². The van der Waals surface area contributed by atoms with Crippen LogP contribution in [0.2, 0.25) is 0 Å². The molecule has 134 valence electrons. The van der Waals surface area contributed by atoms with Gasteiger partial charge in [0.25, 0.3) is 0 Å². The monoisotopic (exact) mass is 339 g/mol. The molecule has 25 heavy (non-hydrogen) atoms. The van der Waals surface area contributed by atoms with Crippen LogP contribution in [0.3, 0.4) is 0 Å². The van der Waals surface area contributed by atoms with Crippen molar-refractivity contribution in [1.82, 2.24) is 9.80 Å². The second-order valence-electron chi connectivity index (χ2n) is 6.37. The van der Waals surface area contributed by atoms with Crippen molar-refractivity contribution in [3.63, 3.8) is 0 Å². The van der Waals surface area contributed by atoms with E-state index in [-0.39, 0.29) is 0 Å². The number of nitrogens with zero attached hydrogens (tertiary/aromatic N) is 6. The van der Waals surface area contributed by atoms with Crippen LogP contribution in [0.25, 0.3) is 0 Å². The van der Waals surface area contributed by atoms with Gasteiger partial charge in [0.2, 0.25) is 0 Å². The molecule has 0 aromatic heterocycles. The van der Waals surface area contributed by atoms with Crippen molar-refractivity contribution in [2.45, 2.75) is 58.3 Å². The van der Waals surface area contributed by atoms with E-state index in [0.717, 1.165) is 6.67 Å². The molecular weight excluding hydrogens is 311 g/mol. The van der Waals surface area contributed by atoms with Crippen molar-refractivity contribution >= 4 is 6.15 Å². The molecule has 0 aromatic carbocycles. The first kappa shape index (κ1) is 22.4. The SMILES string of the molecule is CCCCCCCCCCN1C=CN(C)C1.N#C[B-](C#N)(C#N)C#N. The topological polar surface area (TPSA) is 102 Å². The Morgan fingerprint density at radius 3 is 1.64 bits per heavy atom. The Morgan fingerprint density at radius 1 is 0.800 bits per heavy atom. The Bertz CT molecular complexity index is 499. The van der Waals surface area contributed by atoms with E-state index in [1.54, 1.807) is 0 Å². The summed E-state index contributed by atoms with van der Waals surface area (Å²) in [4.78, 5) is 4.63. The molecule has 6 nitrogen and oxygen atoms in total. The summed E-state index contributed by atoms with van der Waals surface area (Å²) in [7, 11) is 2.13. The predicted octanol–water partition coefficient (Wildman–Crippen LogP) is 3.49. The summed E-state index contributed by atoms with van der Waals surface area (Å²) in [6.45, 7) is 4.59. The second-order valence-corrected chi connectivity index (χ2v) is 6.37. The highest BCUT2D eigenvalue weighted by atomic mass is 15.3. The minimum absolute atomic E-state index is 1.08. The predicted molar refractivity (Wildman–Crippen MR) is 99.3 cm³/mol. The lowest BCUT2D eigenvalue weighted by molar-refractivity contribution is 0.290. The van der Waals surface area contributed by atoms with Gasteiger partial charge in [-0.3, -0.25) is 0 Å². The van der Waals surface area contributed by atoms with Crippen LogP contribution in [0.15, 0.2) is 12.4 Å². The summed E-state index contributed by atoms with van der Waals surface area (Å²) >= 11 is 0. The van der Waals surface area contributed by atoms with E-state index in [4.69, 9.17) is 21.0 Å². The maximum atomic E-state index is 8.09. The van der Waals surface area contributed by atoms with E-state index >= 15 is 0 Å². The maximum absolute atomic E-state index is 8.09. The van der Waals surface area contributed by atoms with Gasteiger partial charge < -0.3 is 9.80 Å². The van der Waals surface area contributed by atoms with Gasteiger partial charge in [-0.1, -0.05) is 51.9 Å². The van der Waals surface area contributed by atoms with E-state index in [0.29, 0.717) is 0 Å². The van der Waals surface area contributed by atoms with E-state index in [9.17, 15) is 0 Å². The first-order chi connectivity index (χ1) is 12.1. The summed E-state index contributed by atoms with van der Waals surface area (Å²) < 4.78 is 0. The van der Waals surface area contributed by atoms with E-state index < -0.39 is 6.15 Å². The average Bonchev–Trinajstić information content (AvgIpc) is 3.06. The van der Waals surface area contributed by atoms with Crippen LogP contribution in [0.5, 0.6) is 0 Å². The molecule has 0 atom stereocenters. The molecule has 1 aliphatic heterocycles. The third-order valence-electron chi connectivity index (χ3n) is 4.01.